The molecule has 1 N–H and O–H groups in total. The summed E-state index contributed by atoms with van der Waals surface area (Å²) in [6, 6.07) is 12.3. The van der Waals surface area contributed by atoms with Crippen LogP contribution in [0.25, 0.3) is 10.8 Å². The first-order valence-corrected chi connectivity index (χ1v) is 5.95. The Bertz CT molecular complexity index is 503. The van der Waals surface area contributed by atoms with Gasteiger partial charge in [0.15, 0.2) is 0 Å². The average molecular weight is 230 g/mol. The number of aryl methyl sites for hydroxylation is 1. The summed E-state index contributed by atoms with van der Waals surface area (Å²) in [6.45, 7) is 1.83. The zero-order chi connectivity index (χ0) is 12.3. The first-order valence-electron chi connectivity index (χ1n) is 5.95. The maximum absolute atomic E-state index is 9.36. The van der Waals surface area contributed by atoms with Crippen LogP contribution in [0.4, 0.5) is 0 Å². The predicted molar refractivity (Wildman–Crippen MR) is 70.5 cm³/mol. The number of fused-ring (bicyclic) bond motifs is 1. The van der Waals surface area contributed by atoms with Gasteiger partial charge in [0.05, 0.1) is 13.2 Å². The first kappa shape index (κ1) is 11.9. The molecule has 1 atom stereocenters. The van der Waals surface area contributed by atoms with Crippen molar-refractivity contribution >= 4 is 10.8 Å². The molecule has 0 spiro atoms. The fraction of sp³-hybridized carbons (Fsp3) is 0.333. The van der Waals surface area contributed by atoms with E-state index in [0.717, 1.165) is 24.0 Å². The molecule has 2 rings (SSSR count). The average Bonchev–Trinajstić information content (AvgIpc) is 2.35. The SMILES string of the molecule is COc1ccc(CCC(C)O)c2ccccc12. The third-order valence-electron chi connectivity index (χ3n) is 3.03. The van der Waals surface area contributed by atoms with Gasteiger partial charge in [0.25, 0.3) is 0 Å². The maximum Gasteiger partial charge on any atom is 0.126 e. The Morgan fingerprint density at radius 1 is 1.12 bits per heavy atom. The quantitative estimate of drug-likeness (QED) is 0.874. The van der Waals surface area contributed by atoms with Crippen LogP contribution in [0.15, 0.2) is 36.4 Å². The highest BCUT2D eigenvalue weighted by atomic mass is 16.5. The van der Waals surface area contributed by atoms with E-state index in [1.165, 1.54) is 10.9 Å². The van der Waals surface area contributed by atoms with Gasteiger partial charge in [-0.1, -0.05) is 30.3 Å². The number of methoxy groups -OCH3 is 1. The molecule has 90 valence electrons. The lowest BCUT2D eigenvalue weighted by atomic mass is 9.99. The zero-order valence-corrected chi connectivity index (χ0v) is 10.3. The van der Waals surface area contributed by atoms with Crippen molar-refractivity contribution in [3.63, 3.8) is 0 Å². The summed E-state index contributed by atoms with van der Waals surface area (Å²) >= 11 is 0. The molecular formula is C15H18O2. The molecule has 0 saturated carbocycles. The lowest BCUT2D eigenvalue weighted by molar-refractivity contribution is 0.185. The van der Waals surface area contributed by atoms with Crippen molar-refractivity contribution in [3.8, 4) is 5.75 Å². The van der Waals surface area contributed by atoms with Crippen molar-refractivity contribution < 1.29 is 9.84 Å². The Kier molecular flexibility index (Phi) is 3.64. The van der Waals surface area contributed by atoms with E-state index in [-0.39, 0.29) is 6.10 Å². The van der Waals surface area contributed by atoms with E-state index in [1.54, 1.807) is 7.11 Å². The number of rotatable bonds is 4. The molecule has 0 radical (unpaired) electrons. The van der Waals surface area contributed by atoms with E-state index in [2.05, 4.69) is 18.2 Å². The predicted octanol–water partition coefficient (Wildman–Crippen LogP) is 3.16. The summed E-state index contributed by atoms with van der Waals surface area (Å²) < 4.78 is 5.36. The van der Waals surface area contributed by atoms with Crippen molar-refractivity contribution in [3.05, 3.63) is 42.0 Å². The van der Waals surface area contributed by atoms with Crippen LogP contribution in [0.3, 0.4) is 0 Å². The second-order valence-corrected chi connectivity index (χ2v) is 4.36. The number of hydrogen-bond donors (Lipinski definition) is 1. The Balaban J connectivity index is 2.43. The molecule has 0 aliphatic rings. The molecule has 17 heavy (non-hydrogen) atoms. The van der Waals surface area contributed by atoms with Gasteiger partial charge < -0.3 is 9.84 Å². The number of aliphatic hydroxyl groups is 1. The molecular weight excluding hydrogens is 212 g/mol. The van der Waals surface area contributed by atoms with Crippen molar-refractivity contribution in [1.29, 1.82) is 0 Å². The number of aliphatic hydroxyl groups excluding tert-OH is 1. The molecule has 0 aliphatic heterocycles. The van der Waals surface area contributed by atoms with Crippen molar-refractivity contribution in [2.75, 3.05) is 7.11 Å². The third-order valence-corrected chi connectivity index (χ3v) is 3.03. The van der Waals surface area contributed by atoms with E-state index in [0.29, 0.717) is 0 Å². The van der Waals surface area contributed by atoms with E-state index < -0.39 is 0 Å². The summed E-state index contributed by atoms with van der Waals surface area (Å²) in [5, 5.41) is 11.7. The monoisotopic (exact) mass is 230 g/mol. The minimum atomic E-state index is -0.254. The highest BCUT2D eigenvalue weighted by Gasteiger charge is 2.06. The third kappa shape index (κ3) is 2.59. The van der Waals surface area contributed by atoms with Gasteiger partial charge in [0.1, 0.15) is 5.75 Å². The van der Waals surface area contributed by atoms with Gasteiger partial charge in [-0.15, -0.1) is 0 Å². The van der Waals surface area contributed by atoms with Gasteiger partial charge >= 0.3 is 0 Å². The summed E-state index contributed by atoms with van der Waals surface area (Å²) in [7, 11) is 1.69. The minimum Gasteiger partial charge on any atom is -0.496 e. The van der Waals surface area contributed by atoms with Crippen LogP contribution >= 0.6 is 0 Å². The highest BCUT2D eigenvalue weighted by Crippen LogP contribution is 2.29. The molecule has 2 nitrogen and oxygen atoms in total. The Hall–Kier alpha value is -1.54. The number of ether oxygens (including phenoxy) is 1. The lowest BCUT2D eigenvalue weighted by Crippen LogP contribution is -2.01. The Morgan fingerprint density at radius 3 is 2.47 bits per heavy atom. The normalized spacial score (nSPS) is 12.6. The molecule has 2 aromatic rings. The topological polar surface area (TPSA) is 29.5 Å². The van der Waals surface area contributed by atoms with Gasteiger partial charge in [-0.2, -0.15) is 0 Å². The molecule has 0 aliphatic carbocycles. The van der Waals surface area contributed by atoms with Crippen molar-refractivity contribution in [2.24, 2.45) is 0 Å². The summed E-state index contributed by atoms with van der Waals surface area (Å²) in [6.07, 6.45) is 1.43. The second-order valence-electron chi connectivity index (χ2n) is 4.36. The lowest BCUT2D eigenvalue weighted by Gasteiger charge is -2.11. The molecule has 0 heterocycles. The largest absolute Gasteiger partial charge is 0.496 e. The smallest absolute Gasteiger partial charge is 0.126 e. The van der Waals surface area contributed by atoms with E-state index in [4.69, 9.17) is 4.74 Å². The molecule has 1 unspecified atom stereocenters. The molecule has 0 aromatic heterocycles. The van der Waals surface area contributed by atoms with Crippen LogP contribution in [0, 0.1) is 0 Å². The van der Waals surface area contributed by atoms with Crippen LogP contribution in [0.5, 0.6) is 5.75 Å². The molecule has 2 aromatic carbocycles. The summed E-state index contributed by atoms with van der Waals surface area (Å²) in [5.41, 5.74) is 1.27. The molecule has 0 bridgehead atoms. The molecule has 0 amide bonds. The van der Waals surface area contributed by atoms with Crippen LogP contribution < -0.4 is 4.74 Å². The first-order chi connectivity index (χ1) is 8.22. The van der Waals surface area contributed by atoms with Crippen LogP contribution in [-0.2, 0) is 6.42 Å². The second kappa shape index (κ2) is 5.19. The molecule has 0 fully saturated rings. The van der Waals surface area contributed by atoms with E-state index >= 15 is 0 Å². The number of benzene rings is 2. The fourth-order valence-corrected chi connectivity index (χ4v) is 2.09. The maximum atomic E-state index is 9.36. The molecule has 0 saturated heterocycles. The van der Waals surface area contributed by atoms with Gasteiger partial charge in [-0.3, -0.25) is 0 Å². The standard InChI is InChI=1S/C15H18O2/c1-11(16)7-8-12-9-10-15(17-2)14-6-4-3-5-13(12)14/h3-6,9-11,16H,7-8H2,1-2H3. The van der Waals surface area contributed by atoms with Crippen LogP contribution in [-0.4, -0.2) is 18.3 Å². The molecule has 2 heteroatoms. The van der Waals surface area contributed by atoms with E-state index in [1.807, 2.05) is 25.1 Å². The van der Waals surface area contributed by atoms with E-state index in [9.17, 15) is 5.11 Å². The highest BCUT2D eigenvalue weighted by molar-refractivity contribution is 5.91. The van der Waals surface area contributed by atoms with Crippen molar-refractivity contribution in [2.45, 2.75) is 25.9 Å². The number of hydrogen-bond acceptors (Lipinski definition) is 2. The Morgan fingerprint density at radius 2 is 1.82 bits per heavy atom. The Labute approximate surface area is 102 Å². The van der Waals surface area contributed by atoms with Gasteiger partial charge in [-0.05, 0) is 36.8 Å². The van der Waals surface area contributed by atoms with Gasteiger partial charge in [0, 0.05) is 5.39 Å². The van der Waals surface area contributed by atoms with Crippen molar-refractivity contribution in [1.82, 2.24) is 0 Å². The minimum absolute atomic E-state index is 0.254. The zero-order valence-electron chi connectivity index (χ0n) is 10.3. The van der Waals surface area contributed by atoms with Gasteiger partial charge in [-0.25, -0.2) is 0 Å². The van der Waals surface area contributed by atoms with Crippen LogP contribution in [0.1, 0.15) is 18.9 Å². The summed E-state index contributed by atoms with van der Waals surface area (Å²) in [5.74, 6) is 0.904. The van der Waals surface area contributed by atoms with Crippen LogP contribution in [0.2, 0.25) is 0 Å². The van der Waals surface area contributed by atoms with Gasteiger partial charge in [0.2, 0.25) is 0 Å². The summed E-state index contributed by atoms with van der Waals surface area (Å²) in [4.78, 5) is 0. The fourth-order valence-electron chi connectivity index (χ4n) is 2.09.